The predicted molar refractivity (Wildman–Crippen MR) is 340 cm³/mol. The first-order valence-electron chi connectivity index (χ1n) is 34.3. The standard InChI is InChI=1S/C66H128O17P2/c1-8-9-10-11-12-13-18-26-33-40-47-63(68)76-54-62(83-66(71)50-43-36-29-22-25-32-39-46-59(6)7)56-81-85(74,75)79-52-60(67)51-78-84(72,73)80-55-61(53-77-64(69)48-41-34-27-21-20-24-31-38-45-58(4)5)82-65(70)49-42-35-28-19-16-14-15-17-23-30-37-44-57(2)3/h57-62,67H,8-56H2,1-7H3,(H,72,73)(H,74,75)/t60-,61-,62-/m1/s1. The van der Waals surface area contributed by atoms with Crippen molar-refractivity contribution >= 4 is 39.5 Å². The van der Waals surface area contributed by atoms with Crippen molar-refractivity contribution in [2.24, 2.45) is 17.8 Å². The Kier molecular flexibility index (Phi) is 55.9. The fourth-order valence-electron chi connectivity index (χ4n) is 9.83. The third kappa shape index (κ3) is 60.7. The van der Waals surface area contributed by atoms with Crippen LogP contribution in [-0.2, 0) is 65.4 Å². The smallest absolute Gasteiger partial charge is 0.462 e. The van der Waals surface area contributed by atoms with Gasteiger partial charge in [-0.1, -0.05) is 273 Å². The van der Waals surface area contributed by atoms with Gasteiger partial charge in [-0.15, -0.1) is 0 Å². The number of carbonyl (C=O) groups is 4. The van der Waals surface area contributed by atoms with Crippen molar-refractivity contribution in [3.8, 4) is 0 Å². The monoisotopic (exact) mass is 1250 g/mol. The van der Waals surface area contributed by atoms with Gasteiger partial charge in [0.05, 0.1) is 26.4 Å². The highest BCUT2D eigenvalue weighted by Gasteiger charge is 2.30. The number of aliphatic hydroxyl groups excluding tert-OH is 1. The van der Waals surface area contributed by atoms with Gasteiger partial charge in [0, 0.05) is 25.7 Å². The van der Waals surface area contributed by atoms with Gasteiger partial charge in [-0.3, -0.25) is 37.3 Å². The Morgan fingerprint density at radius 1 is 0.318 bits per heavy atom. The van der Waals surface area contributed by atoms with Crippen molar-refractivity contribution in [1.29, 1.82) is 0 Å². The van der Waals surface area contributed by atoms with Crippen LogP contribution in [-0.4, -0.2) is 96.7 Å². The van der Waals surface area contributed by atoms with Crippen LogP contribution in [0.5, 0.6) is 0 Å². The number of esters is 4. The second kappa shape index (κ2) is 57.2. The highest BCUT2D eigenvalue weighted by Crippen LogP contribution is 2.45. The summed E-state index contributed by atoms with van der Waals surface area (Å²) in [5.41, 5.74) is 0. The van der Waals surface area contributed by atoms with Gasteiger partial charge >= 0.3 is 39.5 Å². The molecule has 504 valence electrons. The molecule has 0 heterocycles. The molecule has 0 spiro atoms. The molecule has 2 unspecified atom stereocenters. The van der Waals surface area contributed by atoms with Crippen LogP contribution in [0.4, 0.5) is 0 Å². The van der Waals surface area contributed by atoms with Gasteiger partial charge in [-0.25, -0.2) is 9.13 Å². The van der Waals surface area contributed by atoms with E-state index in [2.05, 4.69) is 48.5 Å². The van der Waals surface area contributed by atoms with Gasteiger partial charge in [0.2, 0.25) is 0 Å². The molecule has 0 aromatic rings. The average molecular weight is 1260 g/mol. The third-order valence-electron chi connectivity index (χ3n) is 15.1. The van der Waals surface area contributed by atoms with Crippen molar-refractivity contribution in [1.82, 2.24) is 0 Å². The Balaban J connectivity index is 5.25. The Labute approximate surface area is 517 Å². The van der Waals surface area contributed by atoms with Crippen molar-refractivity contribution in [3.63, 3.8) is 0 Å². The van der Waals surface area contributed by atoms with Crippen LogP contribution in [0.25, 0.3) is 0 Å². The van der Waals surface area contributed by atoms with Crippen molar-refractivity contribution in [2.45, 2.75) is 343 Å². The summed E-state index contributed by atoms with van der Waals surface area (Å²) < 4.78 is 68.1. The van der Waals surface area contributed by atoms with Crippen LogP contribution in [0, 0.1) is 17.8 Å². The molecule has 0 amide bonds. The molecular formula is C66H128O17P2. The summed E-state index contributed by atoms with van der Waals surface area (Å²) in [6.07, 6.45) is 39.0. The fraction of sp³-hybridized carbons (Fsp3) is 0.939. The van der Waals surface area contributed by atoms with E-state index in [9.17, 15) is 43.2 Å². The van der Waals surface area contributed by atoms with E-state index >= 15 is 0 Å². The lowest BCUT2D eigenvalue weighted by atomic mass is 10.0. The molecule has 0 saturated heterocycles. The zero-order valence-electron chi connectivity index (χ0n) is 55.1. The molecule has 0 aliphatic heterocycles. The van der Waals surface area contributed by atoms with Crippen LogP contribution in [0.2, 0.25) is 0 Å². The molecule has 0 aliphatic rings. The van der Waals surface area contributed by atoms with Crippen LogP contribution < -0.4 is 0 Å². The van der Waals surface area contributed by atoms with Crippen molar-refractivity contribution < 1.29 is 80.2 Å². The minimum Gasteiger partial charge on any atom is -0.462 e. The normalized spacial score (nSPS) is 14.3. The first kappa shape index (κ1) is 83.1. The molecule has 17 nitrogen and oxygen atoms in total. The van der Waals surface area contributed by atoms with Gasteiger partial charge in [-0.2, -0.15) is 0 Å². The number of carbonyl (C=O) groups excluding carboxylic acids is 4. The number of unbranched alkanes of at least 4 members (excludes halogenated alkanes) is 32. The topological polar surface area (TPSA) is 237 Å². The molecule has 0 fully saturated rings. The maximum Gasteiger partial charge on any atom is 0.472 e. The first-order chi connectivity index (χ1) is 40.7. The van der Waals surface area contributed by atoms with Gasteiger partial charge in [0.15, 0.2) is 12.2 Å². The lowest BCUT2D eigenvalue weighted by Gasteiger charge is -2.21. The summed E-state index contributed by atoms with van der Waals surface area (Å²) in [6, 6.07) is 0. The lowest BCUT2D eigenvalue weighted by molar-refractivity contribution is -0.161. The second-order valence-electron chi connectivity index (χ2n) is 25.3. The maximum atomic E-state index is 13.0. The highest BCUT2D eigenvalue weighted by atomic mass is 31.2. The molecule has 0 aliphatic carbocycles. The summed E-state index contributed by atoms with van der Waals surface area (Å²) in [5.74, 6) is 0.0527. The number of phosphoric ester groups is 2. The molecular weight excluding hydrogens is 1130 g/mol. The van der Waals surface area contributed by atoms with Gasteiger partial charge in [-0.05, 0) is 43.4 Å². The zero-order chi connectivity index (χ0) is 63.1. The van der Waals surface area contributed by atoms with E-state index in [1.165, 1.54) is 135 Å². The Morgan fingerprint density at radius 2 is 0.541 bits per heavy atom. The molecule has 85 heavy (non-hydrogen) atoms. The molecule has 19 heteroatoms. The third-order valence-corrected chi connectivity index (χ3v) is 17.0. The summed E-state index contributed by atoms with van der Waals surface area (Å²) in [7, 11) is -9.89. The van der Waals surface area contributed by atoms with Crippen LogP contribution in [0.3, 0.4) is 0 Å². The molecule has 0 radical (unpaired) electrons. The minimum absolute atomic E-state index is 0.103. The van der Waals surface area contributed by atoms with E-state index in [0.29, 0.717) is 31.6 Å². The molecule has 0 bridgehead atoms. The number of hydrogen-bond acceptors (Lipinski definition) is 15. The van der Waals surface area contributed by atoms with E-state index in [4.69, 9.17) is 37.0 Å². The summed E-state index contributed by atoms with van der Waals surface area (Å²) in [4.78, 5) is 72.3. The first-order valence-corrected chi connectivity index (χ1v) is 37.3. The minimum atomic E-state index is -4.95. The number of ether oxygens (including phenoxy) is 4. The molecule has 0 rings (SSSR count). The largest absolute Gasteiger partial charge is 0.472 e. The summed E-state index contributed by atoms with van der Waals surface area (Å²) >= 11 is 0. The second-order valence-corrected chi connectivity index (χ2v) is 28.2. The number of phosphoric acid groups is 2. The molecule has 5 atom stereocenters. The van der Waals surface area contributed by atoms with E-state index in [-0.39, 0.29) is 25.7 Å². The maximum absolute atomic E-state index is 13.0. The summed E-state index contributed by atoms with van der Waals surface area (Å²) in [6.45, 7) is 11.7. The predicted octanol–water partition coefficient (Wildman–Crippen LogP) is 18.3. The number of rotatable bonds is 64. The van der Waals surface area contributed by atoms with Crippen LogP contribution in [0.15, 0.2) is 0 Å². The molecule has 0 saturated carbocycles. The van der Waals surface area contributed by atoms with E-state index in [1.807, 2.05) is 0 Å². The zero-order valence-corrected chi connectivity index (χ0v) is 56.9. The van der Waals surface area contributed by atoms with Gasteiger partial charge in [0.1, 0.15) is 19.3 Å². The quantitative estimate of drug-likeness (QED) is 0.0222. The summed E-state index contributed by atoms with van der Waals surface area (Å²) in [5, 5.41) is 10.5. The average Bonchev–Trinajstić information content (AvgIpc) is 3.47. The Morgan fingerprint density at radius 3 is 0.800 bits per heavy atom. The van der Waals surface area contributed by atoms with Crippen molar-refractivity contribution in [2.75, 3.05) is 39.6 Å². The number of hydrogen-bond donors (Lipinski definition) is 3. The van der Waals surface area contributed by atoms with Gasteiger partial charge in [0.25, 0.3) is 0 Å². The lowest BCUT2D eigenvalue weighted by Crippen LogP contribution is -2.30. The Bertz CT molecular complexity index is 1680. The van der Waals surface area contributed by atoms with E-state index < -0.39 is 97.5 Å². The molecule has 0 aromatic heterocycles. The van der Waals surface area contributed by atoms with Crippen molar-refractivity contribution in [3.05, 3.63) is 0 Å². The number of aliphatic hydroxyl groups is 1. The molecule has 3 N–H and O–H groups in total. The highest BCUT2D eigenvalue weighted by molar-refractivity contribution is 7.47. The van der Waals surface area contributed by atoms with E-state index in [0.717, 1.165) is 102 Å². The van der Waals surface area contributed by atoms with Crippen LogP contribution >= 0.6 is 15.6 Å². The van der Waals surface area contributed by atoms with Crippen LogP contribution in [0.1, 0.15) is 325 Å². The fourth-order valence-corrected chi connectivity index (χ4v) is 11.4. The van der Waals surface area contributed by atoms with Gasteiger partial charge < -0.3 is 33.8 Å². The SMILES string of the molecule is CCCCCCCCCCCCC(=O)OC[C@H](COP(=O)(O)OC[C@H](O)COP(=O)(O)OC[C@@H](COC(=O)CCCCCCCCCCC(C)C)OC(=O)CCCCCCCCCCCCCC(C)C)OC(=O)CCCCCCCCCC(C)C. The van der Waals surface area contributed by atoms with E-state index in [1.54, 1.807) is 0 Å². The molecule has 0 aromatic carbocycles. The Hall–Kier alpha value is -1.94.